The van der Waals surface area contributed by atoms with Crippen molar-refractivity contribution < 1.29 is 14.3 Å². The fourth-order valence-corrected chi connectivity index (χ4v) is 4.08. The molecule has 0 radical (unpaired) electrons. The summed E-state index contributed by atoms with van der Waals surface area (Å²) in [5.41, 5.74) is 1.13. The number of thiophene rings is 1. The molecule has 1 N–H and O–H groups in total. The summed E-state index contributed by atoms with van der Waals surface area (Å²) in [6, 6.07) is 13.1. The number of nitrogens with zero attached hydrogens (tertiary/aromatic N) is 4. The van der Waals surface area contributed by atoms with Gasteiger partial charge in [-0.2, -0.15) is 5.10 Å². The van der Waals surface area contributed by atoms with Gasteiger partial charge in [-0.15, -0.1) is 11.3 Å². The summed E-state index contributed by atoms with van der Waals surface area (Å²) in [7, 11) is 1.70. The number of carbonyl (C=O) groups excluding carboxylic acids is 2. The van der Waals surface area contributed by atoms with Crippen LogP contribution in [0.3, 0.4) is 0 Å². The quantitative estimate of drug-likeness (QED) is 0.411. The molecule has 32 heavy (non-hydrogen) atoms. The van der Waals surface area contributed by atoms with Crippen LogP contribution in [0, 0.1) is 0 Å². The first kappa shape index (κ1) is 21.4. The van der Waals surface area contributed by atoms with E-state index in [0.717, 1.165) is 10.4 Å². The molecule has 3 aromatic heterocycles. The summed E-state index contributed by atoms with van der Waals surface area (Å²) >= 11 is 1.53. The third kappa shape index (κ3) is 4.75. The molecule has 0 saturated heterocycles. The minimum atomic E-state index is -0.578. The third-order valence-corrected chi connectivity index (χ3v) is 5.84. The molecule has 10 heteroatoms. The van der Waals surface area contributed by atoms with Crippen molar-refractivity contribution in [2.24, 2.45) is 7.05 Å². The maximum atomic E-state index is 12.4. The smallest absolute Gasteiger partial charge is 0.308 e. The number of benzene rings is 1. The molecule has 9 nitrogen and oxygen atoms in total. The highest BCUT2D eigenvalue weighted by atomic mass is 32.1. The maximum absolute atomic E-state index is 12.4. The van der Waals surface area contributed by atoms with E-state index in [2.05, 4.69) is 15.4 Å². The maximum Gasteiger partial charge on any atom is 0.308 e. The number of carbonyl (C=O) groups is 2. The second-order valence-corrected chi connectivity index (χ2v) is 8.07. The molecule has 4 rings (SSSR count). The largest absolute Gasteiger partial charge is 0.456 e. The summed E-state index contributed by atoms with van der Waals surface area (Å²) in [5.74, 6) is -0.984. The first-order chi connectivity index (χ1) is 15.5. The Hall–Kier alpha value is -3.79. The normalized spacial score (nSPS) is 11.9. The molecule has 0 fully saturated rings. The Balaban J connectivity index is 1.32. The minimum absolute atomic E-state index is 0.0618. The SMILES string of the molecule is Cn1ncc2c(=O)n(CCC(=O)OCC(=O)NC(c3ccccc3)c3cccs3)cnc21. The van der Waals surface area contributed by atoms with E-state index in [4.69, 9.17) is 4.74 Å². The highest BCUT2D eigenvalue weighted by Crippen LogP contribution is 2.25. The number of nitrogens with one attached hydrogen (secondary N) is 1. The van der Waals surface area contributed by atoms with Gasteiger partial charge in [0.25, 0.3) is 11.5 Å². The molecule has 4 aromatic rings. The van der Waals surface area contributed by atoms with E-state index in [1.54, 1.807) is 7.05 Å². The van der Waals surface area contributed by atoms with Crippen molar-refractivity contribution in [1.82, 2.24) is 24.6 Å². The zero-order valence-electron chi connectivity index (χ0n) is 17.3. The zero-order valence-corrected chi connectivity index (χ0v) is 18.1. The third-order valence-electron chi connectivity index (χ3n) is 4.91. The molecule has 1 aromatic carbocycles. The number of amides is 1. The van der Waals surface area contributed by atoms with Gasteiger partial charge >= 0.3 is 5.97 Å². The van der Waals surface area contributed by atoms with Crippen LogP contribution in [0.2, 0.25) is 0 Å². The Morgan fingerprint density at radius 3 is 2.75 bits per heavy atom. The van der Waals surface area contributed by atoms with Crippen molar-refractivity contribution in [2.45, 2.75) is 19.0 Å². The van der Waals surface area contributed by atoms with Crippen LogP contribution in [0.4, 0.5) is 0 Å². The van der Waals surface area contributed by atoms with Crippen molar-refractivity contribution in [3.8, 4) is 0 Å². The van der Waals surface area contributed by atoms with Gasteiger partial charge in [-0.05, 0) is 17.0 Å². The molecule has 3 heterocycles. The number of aromatic nitrogens is 4. The zero-order chi connectivity index (χ0) is 22.5. The molecule has 1 atom stereocenters. The standard InChI is InChI=1S/C22H21N5O4S/c1-26-21-16(12-24-26)22(30)27(14-23-21)10-9-19(29)31-13-18(28)25-20(17-8-5-11-32-17)15-6-3-2-4-7-15/h2-8,11-12,14,20H,9-10,13H2,1H3,(H,25,28). The summed E-state index contributed by atoms with van der Waals surface area (Å²) < 4.78 is 7.95. The van der Waals surface area contributed by atoms with Crippen molar-refractivity contribution in [1.29, 1.82) is 0 Å². The topological polar surface area (TPSA) is 108 Å². The van der Waals surface area contributed by atoms with Crippen LogP contribution in [0.25, 0.3) is 11.0 Å². The predicted octanol–water partition coefficient (Wildman–Crippen LogP) is 2.03. The van der Waals surface area contributed by atoms with Crippen LogP contribution in [0.15, 0.2) is 65.2 Å². The molecule has 0 aliphatic carbocycles. The van der Waals surface area contributed by atoms with E-state index in [-0.39, 0.29) is 24.6 Å². The Morgan fingerprint density at radius 2 is 2.00 bits per heavy atom. The highest BCUT2D eigenvalue weighted by molar-refractivity contribution is 7.10. The van der Waals surface area contributed by atoms with E-state index >= 15 is 0 Å². The fraction of sp³-hybridized carbons (Fsp3) is 0.227. The number of esters is 1. The molecular weight excluding hydrogens is 430 g/mol. The summed E-state index contributed by atoms with van der Waals surface area (Å²) in [4.78, 5) is 42.2. The van der Waals surface area contributed by atoms with Gasteiger partial charge in [0, 0.05) is 18.5 Å². The van der Waals surface area contributed by atoms with Crippen LogP contribution in [0.5, 0.6) is 0 Å². The van der Waals surface area contributed by atoms with E-state index < -0.39 is 18.5 Å². The highest BCUT2D eigenvalue weighted by Gasteiger charge is 2.19. The van der Waals surface area contributed by atoms with Gasteiger partial charge < -0.3 is 10.1 Å². The van der Waals surface area contributed by atoms with Gasteiger partial charge in [0.15, 0.2) is 12.3 Å². The Kier molecular flexibility index (Phi) is 6.41. The van der Waals surface area contributed by atoms with Crippen LogP contribution >= 0.6 is 11.3 Å². The second-order valence-electron chi connectivity index (χ2n) is 7.09. The van der Waals surface area contributed by atoms with Crippen LogP contribution in [0.1, 0.15) is 22.9 Å². The number of fused-ring (bicyclic) bond motifs is 1. The van der Waals surface area contributed by atoms with Crippen molar-refractivity contribution in [3.05, 3.63) is 81.2 Å². The van der Waals surface area contributed by atoms with Crippen LogP contribution < -0.4 is 10.9 Å². The fourth-order valence-electron chi connectivity index (χ4n) is 3.28. The summed E-state index contributed by atoms with van der Waals surface area (Å²) in [6.45, 7) is -0.304. The number of ether oxygens (including phenoxy) is 1. The lowest BCUT2D eigenvalue weighted by Gasteiger charge is -2.18. The van der Waals surface area contributed by atoms with Gasteiger partial charge in [-0.1, -0.05) is 36.4 Å². The number of hydrogen-bond donors (Lipinski definition) is 1. The van der Waals surface area contributed by atoms with Crippen molar-refractivity contribution >= 4 is 34.2 Å². The monoisotopic (exact) mass is 451 g/mol. The van der Waals surface area contributed by atoms with E-state index in [0.29, 0.717) is 11.0 Å². The van der Waals surface area contributed by atoms with Gasteiger partial charge in [0.1, 0.15) is 5.39 Å². The Morgan fingerprint density at radius 1 is 1.19 bits per heavy atom. The molecule has 0 aliphatic rings. The molecular formula is C22H21N5O4S. The van der Waals surface area contributed by atoms with E-state index in [1.807, 2.05) is 47.8 Å². The van der Waals surface area contributed by atoms with Gasteiger partial charge in [0.05, 0.1) is 25.0 Å². The molecule has 0 saturated carbocycles. The van der Waals surface area contributed by atoms with Crippen LogP contribution in [-0.4, -0.2) is 37.8 Å². The van der Waals surface area contributed by atoms with E-state index in [9.17, 15) is 14.4 Å². The number of rotatable bonds is 8. The molecule has 1 unspecified atom stereocenters. The lowest BCUT2D eigenvalue weighted by atomic mass is 10.1. The molecule has 164 valence electrons. The average Bonchev–Trinajstić information content (AvgIpc) is 3.47. The molecule has 0 bridgehead atoms. The lowest BCUT2D eigenvalue weighted by Crippen LogP contribution is -2.33. The van der Waals surface area contributed by atoms with Crippen LogP contribution in [-0.2, 0) is 27.9 Å². The Labute approximate surface area is 187 Å². The van der Waals surface area contributed by atoms with Crippen molar-refractivity contribution in [3.63, 3.8) is 0 Å². The molecule has 0 spiro atoms. The summed E-state index contributed by atoms with van der Waals surface area (Å²) in [6.07, 6.45) is 2.76. The number of hydrogen-bond acceptors (Lipinski definition) is 7. The van der Waals surface area contributed by atoms with Gasteiger partial charge in [-0.3, -0.25) is 23.6 Å². The van der Waals surface area contributed by atoms with Crippen molar-refractivity contribution in [2.75, 3.05) is 6.61 Å². The lowest BCUT2D eigenvalue weighted by molar-refractivity contribution is -0.148. The molecule has 1 amide bonds. The number of aryl methyl sites for hydroxylation is 2. The second kappa shape index (κ2) is 9.56. The molecule has 0 aliphatic heterocycles. The first-order valence-electron chi connectivity index (χ1n) is 9.93. The summed E-state index contributed by atoms with van der Waals surface area (Å²) in [5, 5.41) is 9.25. The van der Waals surface area contributed by atoms with Gasteiger partial charge in [0.2, 0.25) is 0 Å². The predicted molar refractivity (Wildman–Crippen MR) is 119 cm³/mol. The van der Waals surface area contributed by atoms with E-state index in [1.165, 1.54) is 33.1 Å². The Bertz CT molecular complexity index is 1280. The first-order valence-corrected chi connectivity index (χ1v) is 10.8. The average molecular weight is 452 g/mol. The minimum Gasteiger partial charge on any atom is -0.456 e. The van der Waals surface area contributed by atoms with Gasteiger partial charge in [-0.25, -0.2) is 4.98 Å².